The number of hydrogen-bond donors (Lipinski definition) is 1. The average Bonchev–Trinajstić information content (AvgIpc) is 2.83. The van der Waals surface area contributed by atoms with E-state index in [4.69, 9.17) is 9.84 Å². The normalized spacial score (nSPS) is 10.5. The van der Waals surface area contributed by atoms with Crippen LogP contribution in [0.15, 0.2) is 36.5 Å². The molecule has 1 N–H and O–H groups in total. The molecule has 0 aliphatic heterocycles. The van der Waals surface area contributed by atoms with Gasteiger partial charge in [0.1, 0.15) is 0 Å². The van der Waals surface area contributed by atoms with Crippen molar-refractivity contribution in [2.24, 2.45) is 0 Å². The molecule has 1 heterocycles. The van der Waals surface area contributed by atoms with Crippen molar-refractivity contribution in [3.63, 3.8) is 0 Å². The largest absolute Gasteiger partial charge is 0.461 e. The Morgan fingerprint density at radius 1 is 1.35 bits per heavy atom. The van der Waals surface area contributed by atoms with E-state index in [9.17, 15) is 4.79 Å². The molecule has 5 heteroatoms. The first-order chi connectivity index (χ1) is 9.74. The van der Waals surface area contributed by atoms with E-state index in [1.807, 2.05) is 30.3 Å². The summed E-state index contributed by atoms with van der Waals surface area (Å²) in [5.41, 5.74) is 2.10. The van der Waals surface area contributed by atoms with Crippen molar-refractivity contribution in [3.8, 4) is 0 Å². The lowest BCUT2D eigenvalue weighted by Crippen LogP contribution is -2.09. The lowest BCUT2D eigenvalue weighted by molar-refractivity contribution is 0.0517. The Kier molecular flexibility index (Phi) is 4.90. The third-order valence-electron chi connectivity index (χ3n) is 2.87. The molecule has 0 unspecified atom stereocenters. The van der Waals surface area contributed by atoms with Gasteiger partial charge in [-0.1, -0.05) is 30.3 Å². The lowest BCUT2D eigenvalue weighted by Gasteiger charge is -2.01. The molecule has 0 aliphatic rings. The number of carbonyl (C=O) groups is 1. The molecule has 0 spiro atoms. The Morgan fingerprint density at radius 2 is 2.10 bits per heavy atom. The molecular weight excluding hydrogens is 256 g/mol. The molecule has 1 aromatic carbocycles. The van der Waals surface area contributed by atoms with Crippen molar-refractivity contribution < 1.29 is 14.6 Å². The highest BCUT2D eigenvalue weighted by Crippen LogP contribution is 2.11. The second-order valence-corrected chi connectivity index (χ2v) is 4.38. The summed E-state index contributed by atoms with van der Waals surface area (Å²) in [6.45, 7) is 2.62. The standard InChI is InChI=1S/C15H18N2O3/c1-2-20-15(19)14-13(8-9-18)11-17(16-14)10-12-6-4-3-5-7-12/h3-7,11,18H,2,8-10H2,1H3. The van der Waals surface area contributed by atoms with Crippen LogP contribution in [0.25, 0.3) is 0 Å². The van der Waals surface area contributed by atoms with Crippen LogP contribution in [0.2, 0.25) is 0 Å². The number of nitrogens with zero attached hydrogens (tertiary/aromatic N) is 2. The van der Waals surface area contributed by atoms with E-state index in [1.54, 1.807) is 17.8 Å². The van der Waals surface area contributed by atoms with Crippen molar-refractivity contribution >= 4 is 5.97 Å². The molecule has 106 valence electrons. The Labute approximate surface area is 117 Å². The third-order valence-corrected chi connectivity index (χ3v) is 2.87. The van der Waals surface area contributed by atoms with Crippen molar-refractivity contribution in [1.29, 1.82) is 0 Å². The molecule has 0 saturated carbocycles. The molecular formula is C15H18N2O3. The molecule has 0 amide bonds. The molecule has 0 radical (unpaired) electrons. The highest BCUT2D eigenvalue weighted by Gasteiger charge is 2.17. The second kappa shape index (κ2) is 6.86. The molecule has 1 aromatic heterocycles. The number of esters is 1. The topological polar surface area (TPSA) is 64.3 Å². The molecule has 2 rings (SSSR count). The monoisotopic (exact) mass is 274 g/mol. The minimum atomic E-state index is -0.442. The summed E-state index contributed by atoms with van der Waals surface area (Å²) < 4.78 is 6.68. The van der Waals surface area contributed by atoms with Crippen LogP contribution in [0.3, 0.4) is 0 Å². The minimum Gasteiger partial charge on any atom is -0.461 e. The molecule has 0 atom stereocenters. The number of rotatable bonds is 6. The summed E-state index contributed by atoms with van der Waals surface area (Å²) in [5, 5.41) is 13.3. The lowest BCUT2D eigenvalue weighted by atomic mass is 10.2. The predicted octanol–water partition coefficient (Wildman–Crippen LogP) is 1.64. The molecule has 0 aliphatic carbocycles. The summed E-state index contributed by atoms with van der Waals surface area (Å²) in [4.78, 5) is 11.8. The molecule has 0 fully saturated rings. The van der Waals surface area contributed by atoms with Gasteiger partial charge in [-0.25, -0.2) is 4.79 Å². The average molecular weight is 274 g/mol. The van der Waals surface area contributed by atoms with Crippen LogP contribution in [-0.2, 0) is 17.7 Å². The van der Waals surface area contributed by atoms with Gasteiger partial charge in [0, 0.05) is 18.4 Å². The highest BCUT2D eigenvalue weighted by atomic mass is 16.5. The number of ether oxygens (including phenoxy) is 1. The van der Waals surface area contributed by atoms with Crippen molar-refractivity contribution in [2.45, 2.75) is 19.9 Å². The molecule has 2 aromatic rings. The highest BCUT2D eigenvalue weighted by molar-refractivity contribution is 5.88. The first-order valence-corrected chi connectivity index (χ1v) is 6.62. The van der Waals surface area contributed by atoms with Crippen LogP contribution in [0.4, 0.5) is 0 Å². The van der Waals surface area contributed by atoms with Gasteiger partial charge in [-0.15, -0.1) is 0 Å². The van der Waals surface area contributed by atoms with Gasteiger partial charge in [0.2, 0.25) is 0 Å². The Balaban J connectivity index is 2.22. The van der Waals surface area contributed by atoms with Gasteiger partial charge in [0.25, 0.3) is 0 Å². The quantitative estimate of drug-likeness (QED) is 0.813. The molecule has 5 nitrogen and oxygen atoms in total. The molecule has 20 heavy (non-hydrogen) atoms. The van der Waals surface area contributed by atoms with E-state index in [0.717, 1.165) is 5.56 Å². The zero-order chi connectivity index (χ0) is 14.4. The van der Waals surface area contributed by atoms with Gasteiger partial charge in [-0.3, -0.25) is 4.68 Å². The summed E-state index contributed by atoms with van der Waals surface area (Å²) in [6, 6.07) is 9.86. The zero-order valence-corrected chi connectivity index (χ0v) is 11.5. The van der Waals surface area contributed by atoms with Gasteiger partial charge in [-0.05, 0) is 18.9 Å². The van der Waals surface area contributed by atoms with E-state index in [2.05, 4.69) is 5.10 Å². The maximum Gasteiger partial charge on any atom is 0.359 e. The van der Waals surface area contributed by atoms with E-state index < -0.39 is 5.97 Å². The summed E-state index contributed by atoms with van der Waals surface area (Å²) in [5.74, 6) is -0.442. The maximum atomic E-state index is 11.8. The number of hydrogen-bond acceptors (Lipinski definition) is 4. The summed E-state index contributed by atoms with van der Waals surface area (Å²) in [6.07, 6.45) is 2.18. The van der Waals surface area contributed by atoms with Gasteiger partial charge >= 0.3 is 5.97 Å². The van der Waals surface area contributed by atoms with Gasteiger partial charge < -0.3 is 9.84 Å². The van der Waals surface area contributed by atoms with Gasteiger partial charge in [0.15, 0.2) is 5.69 Å². The van der Waals surface area contributed by atoms with E-state index in [1.165, 1.54) is 0 Å². The molecule has 0 saturated heterocycles. The fourth-order valence-corrected chi connectivity index (χ4v) is 1.99. The number of aliphatic hydroxyl groups excluding tert-OH is 1. The SMILES string of the molecule is CCOC(=O)c1nn(Cc2ccccc2)cc1CCO. The fourth-order valence-electron chi connectivity index (χ4n) is 1.99. The van der Waals surface area contributed by atoms with E-state index in [-0.39, 0.29) is 12.3 Å². The minimum absolute atomic E-state index is 0.0244. The van der Waals surface area contributed by atoms with E-state index in [0.29, 0.717) is 25.1 Å². The van der Waals surface area contributed by atoms with E-state index >= 15 is 0 Å². The Bertz CT molecular complexity index is 564. The second-order valence-electron chi connectivity index (χ2n) is 4.38. The van der Waals surface area contributed by atoms with Crippen LogP contribution in [-0.4, -0.2) is 34.1 Å². The Morgan fingerprint density at radius 3 is 2.75 bits per heavy atom. The fraction of sp³-hybridized carbons (Fsp3) is 0.333. The number of carbonyl (C=O) groups excluding carboxylic acids is 1. The third kappa shape index (κ3) is 3.45. The van der Waals surface area contributed by atoms with Crippen molar-refractivity contribution in [2.75, 3.05) is 13.2 Å². The van der Waals surface area contributed by atoms with Crippen molar-refractivity contribution in [3.05, 3.63) is 53.3 Å². The number of benzene rings is 1. The van der Waals surface area contributed by atoms with Crippen LogP contribution in [0.5, 0.6) is 0 Å². The van der Waals surface area contributed by atoms with Crippen LogP contribution < -0.4 is 0 Å². The maximum absolute atomic E-state index is 11.8. The zero-order valence-electron chi connectivity index (χ0n) is 11.5. The van der Waals surface area contributed by atoms with Crippen LogP contribution >= 0.6 is 0 Å². The van der Waals surface area contributed by atoms with Crippen molar-refractivity contribution in [1.82, 2.24) is 9.78 Å². The van der Waals surface area contributed by atoms with Gasteiger partial charge in [-0.2, -0.15) is 5.10 Å². The van der Waals surface area contributed by atoms with Crippen LogP contribution in [0, 0.1) is 0 Å². The summed E-state index contributed by atoms with van der Waals surface area (Å²) in [7, 11) is 0. The first-order valence-electron chi connectivity index (χ1n) is 6.62. The van der Waals surface area contributed by atoms with Gasteiger partial charge in [0.05, 0.1) is 13.2 Å². The number of aromatic nitrogens is 2. The first kappa shape index (κ1) is 14.3. The molecule has 0 bridgehead atoms. The Hall–Kier alpha value is -2.14. The number of aliphatic hydroxyl groups is 1. The summed E-state index contributed by atoms with van der Waals surface area (Å²) >= 11 is 0. The van der Waals surface area contributed by atoms with Crippen LogP contribution in [0.1, 0.15) is 28.5 Å². The smallest absolute Gasteiger partial charge is 0.359 e. The predicted molar refractivity (Wildman–Crippen MR) is 74.5 cm³/mol.